The standard InChI is InChI=1S/C10H16IN3O2/c1-15-5-3-14(4-6-16-2)10-9(11)7-12-8-13-10/h7-8H,3-6H2,1-2H3. The van der Waals surface area contributed by atoms with Gasteiger partial charge in [-0.25, -0.2) is 9.97 Å². The van der Waals surface area contributed by atoms with Gasteiger partial charge in [0.2, 0.25) is 0 Å². The van der Waals surface area contributed by atoms with Crippen LogP contribution in [0, 0.1) is 3.57 Å². The van der Waals surface area contributed by atoms with E-state index in [1.807, 2.05) is 0 Å². The van der Waals surface area contributed by atoms with Crippen molar-refractivity contribution in [3.05, 3.63) is 16.1 Å². The van der Waals surface area contributed by atoms with Gasteiger partial charge in [-0.2, -0.15) is 0 Å². The summed E-state index contributed by atoms with van der Waals surface area (Å²) < 4.78 is 11.2. The molecule has 1 rings (SSSR count). The second-order valence-electron chi connectivity index (χ2n) is 3.17. The van der Waals surface area contributed by atoms with E-state index in [1.165, 1.54) is 0 Å². The zero-order chi connectivity index (χ0) is 11.8. The van der Waals surface area contributed by atoms with E-state index < -0.39 is 0 Å². The van der Waals surface area contributed by atoms with Crippen molar-refractivity contribution in [1.82, 2.24) is 9.97 Å². The Labute approximate surface area is 109 Å². The number of anilines is 1. The van der Waals surface area contributed by atoms with Gasteiger partial charge in [-0.15, -0.1) is 0 Å². The summed E-state index contributed by atoms with van der Waals surface area (Å²) in [6.45, 7) is 2.94. The first-order valence-corrected chi connectivity index (χ1v) is 6.05. The third-order valence-electron chi connectivity index (χ3n) is 2.08. The number of aromatic nitrogens is 2. The monoisotopic (exact) mass is 337 g/mol. The summed E-state index contributed by atoms with van der Waals surface area (Å²) in [7, 11) is 3.39. The van der Waals surface area contributed by atoms with Crippen molar-refractivity contribution in [3.8, 4) is 0 Å². The lowest BCUT2D eigenvalue weighted by Gasteiger charge is -2.23. The van der Waals surface area contributed by atoms with E-state index in [4.69, 9.17) is 9.47 Å². The highest BCUT2D eigenvalue weighted by molar-refractivity contribution is 14.1. The minimum Gasteiger partial charge on any atom is -0.383 e. The number of methoxy groups -OCH3 is 2. The third kappa shape index (κ3) is 4.18. The number of hydrogen-bond acceptors (Lipinski definition) is 5. The molecule has 0 bridgehead atoms. The average Bonchev–Trinajstić information content (AvgIpc) is 2.31. The van der Waals surface area contributed by atoms with Crippen LogP contribution in [-0.4, -0.2) is 50.5 Å². The molecule has 1 aromatic heterocycles. The minimum absolute atomic E-state index is 0.670. The van der Waals surface area contributed by atoms with Crippen LogP contribution in [0.25, 0.3) is 0 Å². The molecule has 0 amide bonds. The molecule has 0 unspecified atom stereocenters. The smallest absolute Gasteiger partial charge is 0.145 e. The zero-order valence-electron chi connectivity index (χ0n) is 9.52. The van der Waals surface area contributed by atoms with Crippen molar-refractivity contribution in [2.75, 3.05) is 45.4 Å². The number of ether oxygens (including phenoxy) is 2. The molecule has 0 saturated heterocycles. The van der Waals surface area contributed by atoms with Crippen molar-refractivity contribution in [2.45, 2.75) is 0 Å². The van der Waals surface area contributed by atoms with E-state index >= 15 is 0 Å². The van der Waals surface area contributed by atoms with Crippen LogP contribution < -0.4 is 4.90 Å². The Kier molecular flexibility index (Phi) is 6.58. The number of hydrogen-bond donors (Lipinski definition) is 0. The van der Waals surface area contributed by atoms with Crippen molar-refractivity contribution in [2.24, 2.45) is 0 Å². The van der Waals surface area contributed by atoms with Crippen LogP contribution in [0.2, 0.25) is 0 Å². The predicted molar refractivity (Wildman–Crippen MR) is 70.7 cm³/mol. The Balaban J connectivity index is 2.70. The van der Waals surface area contributed by atoms with Gasteiger partial charge in [0, 0.05) is 33.5 Å². The maximum Gasteiger partial charge on any atom is 0.145 e. The van der Waals surface area contributed by atoms with Gasteiger partial charge in [-0.05, 0) is 22.6 Å². The molecular formula is C10H16IN3O2. The summed E-state index contributed by atoms with van der Waals surface area (Å²) in [5, 5.41) is 0. The van der Waals surface area contributed by atoms with Gasteiger partial charge in [-0.3, -0.25) is 0 Å². The van der Waals surface area contributed by atoms with Crippen LogP contribution in [0.1, 0.15) is 0 Å². The molecule has 1 heterocycles. The summed E-state index contributed by atoms with van der Waals surface area (Å²) in [6.07, 6.45) is 3.36. The second kappa shape index (κ2) is 7.75. The lowest BCUT2D eigenvalue weighted by molar-refractivity contribution is 0.190. The van der Waals surface area contributed by atoms with Crippen LogP contribution in [0.4, 0.5) is 5.82 Å². The fourth-order valence-corrected chi connectivity index (χ4v) is 1.91. The molecular weight excluding hydrogens is 321 g/mol. The van der Waals surface area contributed by atoms with Gasteiger partial charge in [0.1, 0.15) is 12.1 Å². The maximum absolute atomic E-state index is 5.09. The molecule has 0 aromatic carbocycles. The van der Waals surface area contributed by atoms with Crippen molar-refractivity contribution < 1.29 is 9.47 Å². The molecule has 5 nitrogen and oxygen atoms in total. The molecule has 0 radical (unpaired) electrons. The highest BCUT2D eigenvalue weighted by atomic mass is 127. The van der Waals surface area contributed by atoms with Gasteiger partial charge in [0.15, 0.2) is 0 Å². The van der Waals surface area contributed by atoms with E-state index in [2.05, 4.69) is 37.5 Å². The van der Waals surface area contributed by atoms with Crippen molar-refractivity contribution in [1.29, 1.82) is 0 Å². The highest BCUT2D eigenvalue weighted by Gasteiger charge is 2.10. The van der Waals surface area contributed by atoms with Gasteiger partial charge >= 0.3 is 0 Å². The number of rotatable bonds is 7. The van der Waals surface area contributed by atoms with E-state index in [9.17, 15) is 0 Å². The van der Waals surface area contributed by atoms with E-state index in [0.717, 1.165) is 22.5 Å². The van der Waals surface area contributed by atoms with Crippen LogP contribution in [0.15, 0.2) is 12.5 Å². The quantitative estimate of drug-likeness (QED) is 0.700. The second-order valence-corrected chi connectivity index (χ2v) is 4.33. The van der Waals surface area contributed by atoms with E-state index in [1.54, 1.807) is 26.7 Å². The summed E-state index contributed by atoms with van der Waals surface area (Å²) in [5.74, 6) is 0.935. The Bertz CT molecular complexity index is 304. The lowest BCUT2D eigenvalue weighted by Crippen LogP contribution is -2.32. The molecule has 0 aliphatic heterocycles. The van der Waals surface area contributed by atoms with Crippen molar-refractivity contribution >= 4 is 28.4 Å². The van der Waals surface area contributed by atoms with Crippen LogP contribution in [0.3, 0.4) is 0 Å². The first-order valence-electron chi connectivity index (χ1n) is 4.98. The number of halogens is 1. The normalized spacial score (nSPS) is 10.4. The van der Waals surface area contributed by atoms with Crippen LogP contribution in [0.5, 0.6) is 0 Å². The van der Waals surface area contributed by atoms with Crippen molar-refractivity contribution in [3.63, 3.8) is 0 Å². The molecule has 6 heteroatoms. The average molecular weight is 337 g/mol. The zero-order valence-corrected chi connectivity index (χ0v) is 11.7. The lowest BCUT2D eigenvalue weighted by atomic mass is 10.4. The van der Waals surface area contributed by atoms with Gasteiger partial charge in [0.05, 0.1) is 16.8 Å². The first-order chi connectivity index (χ1) is 7.79. The molecule has 0 spiro atoms. The maximum atomic E-state index is 5.09. The van der Waals surface area contributed by atoms with Crippen LogP contribution in [-0.2, 0) is 9.47 Å². The fraction of sp³-hybridized carbons (Fsp3) is 0.600. The molecule has 0 aliphatic carbocycles. The third-order valence-corrected chi connectivity index (χ3v) is 2.84. The summed E-state index contributed by atoms with van der Waals surface area (Å²) in [5.41, 5.74) is 0. The summed E-state index contributed by atoms with van der Waals surface area (Å²) >= 11 is 2.23. The highest BCUT2D eigenvalue weighted by Crippen LogP contribution is 2.17. The topological polar surface area (TPSA) is 47.5 Å². The Hall–Kier alpha value is -0.470. The molecule has 0 aliphatic rings. The van der Waals surface area contributed by atoms with Crippen LogP contribution >= 0.6 is 22.6 Å². The largest absolute Gasteiger partial charge is 0.383 e. The first kappa shape index (κ1) is 13.6. The molecule has 0 fully saturated rings. The molecule has 0 N–H and O–H groups in total. The van der Waals surface area contributed by atoms with Gasteiger partial charge in [-0.1, -0.05) is 0 Å². The SMILES string of the molecule is COCCN(CCOC)c1ncncc1I. The Morgan fingerprint density at radius 3 is 2.38 bits per heavy atom. The summed E-state index contributed by atoms with van der Waals surface area (Å²) in [6, 6.07) is 0. The Morgan fingerprint density at radius 1 is 1.25 bits per heavy atom. The molecule has 0 saturated carbocycles. The van der Waals surface area contributed by atoms with E-state index in [0.29, 0.717) is 13.2 Å². The molecule has 0 atom stereocenters. The predicted octanol–water partition coefficient (Wildman–Crippen LogP) is 1.18. The molecule has 1 aromatic rings. The van der Waals surface area contributed by atoms with Gasteiger partial charge in [0.25, 0.3) is 0 Å². The summed E-state index contributed by atoms with van der Waals surface area (Å²) in [4.78, 5) is 10.4. The molecule has 16 heavy (non-hydrogen) atoms. The number of nitrogens with zero attached hydrogens (tertiary/aromatic N) is 3. The van der Waals surface area contributed by atoms with E-state index in [-0.39, 0.29) is 0 Å². The minimum atomic E-state index is 0.670. The van der Waals surface area contributed by atoms with Gasteiger partial charge < -0.3 is 14.4 Å². The fourth-order valence-electron chi connectivity index (χ4n) is 1.27. The molecule has 90 valence electrons. The Morgan fingerprint density at radius 2 is 1.88 bits per heavy atom.